The van der Waals surface area contributed by atoms with Crippen molar-refractivity contribution in [3.63, 3.8) is 0 Å². The number of fused-ring (bicyclic) bond motifs is 1. The van der Waals surface area contributed by atoms with Crippen LogP contribution in [0.15, 0.2) is 102 Å². The van der Waals surface area contributed by atoms with Crippen LogP contribution < -0.4 is 10.6 Å². The molecule has 152 valence electrons. The normalized spacial score (nSPS) is 17.6. The number of carbonyl (C=O) groups excluding carboxylic acids is 2. The molecular formula is C27H22N2O2. The van der Waals surface area contributed by atoms with Crippen LogP contribution in [0.25, 0.3) is 0 Å². The monoisotopic (exact) mass is 406 g/mol. The Morgan fingerprint density at radius 3 is 2.16 bits per heavy atom. The van der Waals surface area contributed by atoms with Gasteiger partial charge in [0.2, 0.25) is 0 Å². The zero-order valence-electron chi connectivity index (χ0n) is 17.2. The van der Waals surface area contributed by atoms with E-state index in [0.717, 1.165) is 16.9 Å². The summed E-state index contributed by atoms with van der Waals surface area (Å²) in [6, 6.07) is 24.7. The number of carbonyl (C=O) groups is 2. The van der Waals surface area contributed by atoms with Gasteiger partial charge < -0.3 is 10.6 Å². The lowest BCUT2D eigenvalue weighted by molar-refractivity contribution is 0.0970. The van der Waals surface area contributed by atoms with Crippen LogP contribution in [-0.2, 0) is 0 Å². The molecule has 0 aromatic heterocycles. The molecule has 31 heavy (non-hydrogen) atoms. The minimum atomic E-state index is -0.274. The summed E-state index contributed by atoms with van der Waals surface area (Å²) in [6.07, 6.45) is 2.62. The fourth-order valence-electron chi connectivity index (χ4n) is 4.38. The van der Waals surface area contributed by atoms with Gasteiger partial charge in [0.05, 0.1) is 11.6 Å². The zero-order chi connectivity index (χ0) is 21.4. The van der Waals surface area contributed by atoms with Crippen LogP contribution in [-0.4, -0.2) is 17.6 Å². The van der Waals surface area contributed by atoms with Gasteiger partial charge in [-0.1, -0.05) is 60.7 Å². The molecule has 5 rings (SSSR count). The Morgan fingerprint density at radius 1 is 0.774 bits per heavy atom. The molecule has 2 N–H and O–H groups in total. The molecule has 0 radical (unpaired) electrons. The molecule has 4 heteroatoms. The number of rotatable bonds is 4. The molecule has 2 aliphatic carbocycles. The maximum Gasteiger partial charge on any atom is 0.196 e. The maximum atomic E-state index is 13.7. The third-order valence-corrected chi connectivity index (χ3v) is 5.83. The molecule has 2 aliphatic rings. The van der Waals surface area contributed by atoms with Crippen LogP contribution in [0, 0.1) is 6.92 Å². The van der Waals surface area contributed by atoms with E-state index in [1.54, 1.807) is 6.07 Å². The molecule has 0 aliphatic heterocycles. The maximum absolute atomic E-state index is 13.7. The summed E-state index contributed by atoms with van der Waals surface area (Å²) in [5.74, 6) is -0.181. The number of nitrogens with one attached hydrogen (secondary N) is 2. The van der Waals surface area contributed by atoms with Crippen molar-refractivity contribution in [3.8, 4) is 0 Å². The van der Waals surface area contributed by atoms with Crippen molar-refractivity contribution in [1.29, 1.82) is 0 Å². The second-order valence-electron chi connectivity index (χ2n) is 7.85. The Hall–Kier alpha value is -3.92. The van der Waals surface area contributed by atoms with Crippen molar-refractivity contribution in [2.24, 2.45) is 0 Å². The van der Waals surface area contributed by atoms with Crippen molar-refractivity contribution in [3.05, 3.63) is 118 Å². The van der Waals surface area contributed by atoms with Crippen molar-refractivity contribution >= 4 is 22.9 Å². The van der Waals surface area contributed by atoms with Gasteiger partial charge in [0.25, 0.3) is 0 Å². The third-order valence-electron chi connectivity index (χ3n) is 5.83. The second kappa shape index (κ2) is 7.73. The van der Waals surface area contributed by atoms with E-state index in [2.05, 4.69) is 10.6 Å². The van der Waals surface area contributed by atoms with E-state index in [-0.39, 0.29) is 17.6 Å². The van der Waals surface area contributed by atoms with Crippen molar-refractivity contribution in [1.82, 2.24) is 0 Å². The highest BCUT2D eigenvalue weighted by Gasteiger charge is 2.40. The average Bonchev–Trinajstić information content (AvgIpc) is 2.79. The number of anilines is 2. The highest BCUT2D eigenvalue weighted by molar-refractivity contribution is 6.30. The molecule has 0 saturated heterocycles. The fourth-order valence-corrected chi connectivity index (χ4v) is 4.38. The van der Waals surface area contributed by atoms with Crippen LogP contribution in [0.5, 0.6) is 0 Å². The SMILES string of the molecule is Cc1cccc2c1C(=O)C1=C(C2=O)C(Nc2ccccc2)CC=C1Nc1ccccc1. The number of hydrogen-bond acceptors (Lipinski definition) is 4. The summed E-state index contributed by atoms with van der Waals surface area (Å²) in [7, 11) is 0. The summed E-state index contributed by atoms with van der Waals surface area (Å²) >= 11 is 0. The van der Waals surface area contributed by atoms with Crippen molar-refractivity contribution < 1.29 is 9.59 Å². The molecule has 0 spiro atoms. The van der Waals surface area contributed by atoms with E-state index in [1.165, 1.54) is 0 Å². The smallest absolute Gasteiger partial charge is 0.196 e. The largest absolute Gasteiger partial charge is 0.378 e. The molecule has 0 fully saturated rings. The standard InChI is InChI=1S/C27H22N2O2/c1-17-9-8-14-20-23(17)27(31)25-22(29-19-12-6-3-7-13-19)16-15-21(24(25)26(20)30)28-18-10-4-2-5-11-18/h2-14,16,21,28-29H,15H2,1H3. The van der Waals surface area contributed by atoms with Gasteiger partial charge in [0, 0.05) is 33.8 Å². The molecule has 0 bridgehead atoms. The fraction of sp³-hybridized carbons (Fsp3) is 0.111. The number of allylic oxidation sites excluding steroid dienone is 1. The number of aryl methyl sites for hydroxylation is 1. The minimum absolute atomic E-state index is 0.0813. The summed E-state index contributed by atoms with van der Waals surface area (Å²) in [6.45, 7) is 1.88. The van der Waals surface area contributed by atoms with Gasteiger partial charge in [-0.25, -0.2) is 0 Å². The molecule has 3 aromatic carbocycles. The van der Waals surface area contributed by atoms with Gasteiger partial charge in [-0.05, 0) is 43.2 Å². The molecule has 0 heterocycles. The van der Waals surface area contributed by atoms with Crippen LogP contribution in [0.3, 0.4) is 0 Å². The second-order valence-corrected chi connectivity index (χ2v) is 7.85. The molecule has 3 aromatic rings. The van der Waals surface area contributed by atoms with Crippen LogP contribution >= 0.6 is 0 Å². The molecule has 1 atom stereocenters. The lowest BCUT2D eigenvalue weighted by Crippen LogP contribution is -2.37. The van der Waals surface area contributed by atoms with Gasteiger partial charge in [-0.15, -0.1) is 0 Å². The van der Waals surface area contributed by atoms with E-state index >= 15 is 0 Å². The Labute approximate surface area is 181 Å². The van der Waals surface area contributed by atoms with Crippen molar-refractivity contribution in [2.45, 2.75) is 19.4 Å². The summed E-state index contributed by atoms with van der Waals surface area (Å²) < 4.78 is 0. The predicted octanol–water partition coefficient (Wildman–Crippen LogP) is 5.55. The van der Waals surface area contributed by atoms with Crippen LogP contribution in [0.4, 0.5) is 11.4 Å². The highest BCUT2D eigenvalue weighted by Crippen LogP contribution is 2.38. The van der Waals surface area contributed by atoms with Crippen molar-refractivity contribution in [2.75, 3.05) is 10.6 Å². The van der Waals surface area contributed by atoms with E-state index < -0.39 is 0 Å². The lowest BCUT2D eigenvalue weighted by atomic mass is 9.75. The lowest BCUT2D eigenvalue weighted by Gasteiger charge is -2.33. The predicted molar refractivity (Wildman–Crippen MR) is 123 cm³/mol. The van der Waals surface area contributed by atoms with Crippen LogP contribution in [0.2, 0.25) is 0 Å². The number of benzene rings is 3. The molecular weight excluding hydrogens is 384 g/mol. The van der Waals surface area contributed by atoms with Gasteiger partial charge in [-0.2, -0.15) is 0 Å². The van der Waals surface area contributed by atoms with E-state index in [1.807, 2.05) is 85.8 Å². The summed E-state index contributed by atoms with van der Waals surface area (Å²) in [5, 5.41) is 6.83. The highest BCUT2D eigenvalue weighted by atomic mass is 16.1. The minimum Gasteiger partial charge on any atom is -0.378 e. The quantitative estimate of drug-likeness (QED) is 0.596. The first-order valence-corrected chi connectivity index (χ1v) is 10.4. The first kappa shape index (κ1) is 19.1. The number of hydrogen-bond donors (Lipinski definition) is 2. The van der Waals surface area contributed by atoms with E-state index in [4.69, 9.17) is 0 Å². The first-order chi connectivity index (χ1) is 15.1. The molecule has 0 amide bonds. The summed E-state index contributed by atoms with van der Waals surface area (Å²) in [5.41, 5.74) is 5.31. The van der Waals surface area contributed by atoms with Gasteiger partial charge >= 0.3 is 0 Å². The van der Waals surface area contributed by atoms with Gasteiger partial charge in [0.1, 0.15) is 0 Å². The summed E-state index contributed by atoms with van der Waals surface area (Å²) in [4.78, 5) is 27.3. The Morgan fingerprint density at radius 2 is 1.45 bits per heavy atom. The topological polar surface area (TPSA) is 58.2 Å². The van der Waals surface area contributed by atoms with E-state index in [0.29, 0.717) is 34.4 Å². The Kier molecular flexibility index (Phi) is 4.75. The van der Waals surface area contributed by atoms with Gasteiger partial charge in [0.15, 0.2) is 11.6 Å². The number of Topliss-reactive ketones (excluding diaryl/α,β-unsaturated/α-hetero) is 2. The third kappa shape index (κ3) is 3.36. The molecule has 1 unspecified atom stereocenters. The van der Waals surface area contributed by atoms with E-state index in [9.17, 15) is 9.59 Å². The molecule has 0 saturated carbocycles. The number of para-hydroxylation sites is 2. The van der Waals surface area contributed by atoms with Gasteiger partial charge in [-0.3, -0.25) is 9.59 Å². The van der Waals surface area contributed by atoms with Crippen LogP contribution in [0.1, 0.15) is 32.7 Å². The Balaban J connectivity index is 1.62. The molecule has 4 nitrogen and oxygen atoms in total. The Bertz CT molecular complexity index is 1240. The first-order valence-electron chi connectivity index (χ1n) is 10.4. The number of ketones is 2. The zero-order valence-corrected chi connectivity index (χ0v) is 17.2. The average molecular weight is 406 g/mol.